The largest absolute Gasteiger partial charge is 0.493 e. The van der Waals surface area contributed by atoms with Crippen molar-refractivity contribution < 1.29 is 23.9 Å². The number of nitriles is 1. The molecule has 6 rings (SSSR count). The van der Waals surface area contributed by atoms with Crippen molar-refractivity contribution in [1.29, 1.82) is 5.26 Å². The number of carbonyl (C=O) groups is 3. The molecule has 0 spiro atoms. The van der Waals surface area contributed by atoms with Gasteiger partial charge in [0, 0.05) is 21.0 Å². The van der Waals surface area contributed by atoms with E-state index in [1.807, 2.05) is 19.1 Å². The maximum absolute atomic E-state index is 13.8. The zero-order valence-corrected chi connectivity index (χ0v) is 31.8. The highest BCUT2D eigenvalue weighted by Crippen LogP contribution is 2.42. The number of thioether (sulfide) groups is 1. The number of ether oxygens (including phenoxy) is 2. The van der Waals surface area contributed by atoms with Gasteiger partial charge < -0.3 is 25.4 Å². The van der Waals surface area contributed by atoms with Crippen LogP contribution in [0.4, 0.5) is 10.7 Å². The lowest BCUT2D eigenvalue weighted by atomic mass is 9.83. The Kier molecular flexibility index (Phi) is 12.5. The van der Waals surface area contributed by atoms with Gasteiger partial charge in [-0.15, -0.1) is 23.1 Å². The van der Waals surface area contributed by atoms with Gasteiger partial charge in [0.2, 0.25) is 5.91 Å². The van der Waals surface area contributed by atoms with Crippen LogP contribution in [0.5, 0.6) is 11.5 Å². The summed E-state index contributed by atoms with van der Waals surface area (Å²) in [5, 5.41) is 19.0. The lowest BCUT2D eigenvalue weighted by Crippen LogP contribution is -2.30. The number of thiophene rings is 1. The molecule has 1 aliphatic rings. The van der Waals surface area contributed by atoms with Gasteiger partial charge in [0.25, 0.3) is 11.8 Å². The predicted molar refractivity (Wildman–Crippen MR) is 215 cm³/mol. The number of methoxy groups -OCH3 is 2. The number of nitrogens with one attached hydrogen (secondary N) is 3. The molecule has 0 fully saturated rings. The van der Waals surface area contributed by atoms with Crippen molar-refractivity contribution in [3.8, 4) is 17.6 Å². The van der Waals surface area contributed by atoms with Gasteiger partial charge in [0.15, 0.2) is 11.5 Å². The van der Waals surface area contributed by atoms with Crippen LogP contribution in [0.2, 0.25) is 0 Å². The summed E-state index contributed by atoms with van der Waals surface area (Å²) >= 11 is 2.88. The van der Waals surface area contributed by atoms with Crippen molar-refractivity contribution in [3.63, 3.8) is 0 Å². The first-order chi connectivity index (χ1) is 26.3. The van der Waals surface area contributed by atoms with Crippen LogP contribution in [0.3, 0.4) is 0 Å². The summed E-state index contributed by atoms with van der Waals surface area (Å²) in [6.07, 6.45) is 4.72. The quantitative estimate of drug-likeness (QED) is 0.0809. The van der Waals surface area contributed by atoms with E-state index >= 15 is 0 Å². The molecule has 1 aliphatic carbocycles. The lowest BCUT2D eigenvalue weighted by molar-refractivity contribution is -0.116. The van der Waals surface area contributed by atoms with Crippen LogP contribution in [-0.4, -0.2) is 37.2 Å². The maximum atomic E-state index is 13.8. The summed E-state index contributed by atoms with van der Waals surface area (Å²) < 4.78 is 10.8. The molecular weight excluding hydrogens is 717 g/mol. The van der Waals surface area contributed by atoms with Crippen molar-refractivity contribution in [2.75, 3.05) is 24.9 Å². The molecule has 9 nitrogen and oxygen atoms in total. The van der Waals surface area contributed by atoms with E-state index in [0.29, 0.717) is 51.2 Å². The molecule has 0 saturated heterocycles. The zero-order chi connectivity index (χ0) is 38.0. The Balaban J connectivity index is 1.17. The molecule has 2 atom stereocenters. The smallest absolute Gasteiger partial charge is 0.272 e. The van der Waals surface area contributed by atoms with Crippen LogP contribution in [0, 0.1) is 11.3 Å². The van der Waals surface area contributed by atoms with E-state index in [2.05, 4.69) is 46.3 Å². The summed E-state index contributed by atoms with van der Waals surface area (Å²) in [5.74, 6) is 0.215. The van der Waals surface area contributed by atoms with E-state index in [9.17, 15) is 19.6 Å². The first-order valence-electron chi connectivity index (χ1n) is 17.6. The molecule has 0 saturated carbocycles. The van der Waals surface area contributed by atoms with Gasteiger partial charge in [0.1, 0.15) is 16.8 Å². The molecule has 5 aromatic rings. The number of benzene rings is 4. The normalized spacial score (nSPS) is 14.2. The van der Waals surface area contributed by atoms with E-state index in [1.54, 1.807) is 72.8 Å². The Morgan fingerprint density at radius 2 is 1.67 bits per heavy atom. The van der Waals surface area contributed by atoms with Crippen molar-refractivity contribution in [2.45, 2.75) is 48.7 Å². The first kappa shape index (κ1) is 37.9. The predicted octanol–water partition coefficient (Wildman–Crippen LogP) is 8.83. The third-order valence-corrected chi connectivity index (χ3v) is 11.7. The summed E-state index contributed by atoms with van der Waals surface area (Å²) in [6.45, 7) is 1.94. The number of rotatable bonds is 13. The third kappa shape index (κ3) is 9.02. The van der Waals surface area contributed by atoms with Crippen molar-refractivity contribution in [3.05, 3.63) is 142 Å². The van der Waals surface area contributed by atoms with Gasteiger partial charge in [-0.3, -0.25) is 14.4 Å². The number of amides is 3. The minimum Gasteiger partial charge on any atom is -0.493 e. The standard InChI is InChI=1S/C43H40N4O5S2/c1-4-38(42(50)47-43-34(26-44)33-20-19-30(24-39(33)54-43)28-12-7-5-8-13-28)53-32-17-11-16-31(25-32)45-41(49)35(46-40(48)29-14-9-6-10-15-29)22-27-18-21-36(51-2)37(23-27)52-3/h5-18,21-23,25,30,38H,4,19-20,24H2,1-3H3,(H,45,49)(H,46,48)(H,47,50)/b35-22+. The zero-order valence-electron chi connectivity index (χ0n) is 30.2. The van der Waals surface area contributed by atoms with E-state index in [-0.39, 0.29) is 11.6 Å². The number of carbonyl (C=O) groups excluding carboxylic acids is 3. The van der Waals surface area contributed by atoms with Crippen LogP contribution >= 0.6 is 23.1 Å². The Morgan fingerprint density at radius 3 is 2.37 bits per heavy atom. The third-order valence-electron chi connectivity index (χ3n) is 9.17. The second-order valence-electron chi connectivity index (χ2n) is 12.6. The van der Waals surface area contributed by atoms with Gasteiger partial charge in [0.05, 0.1) is 25.0 Å². The van der Waals surface area contributed by atoms with E-state index in [1.165, 1.54) is 42.9 Å². The molecule has 11 heteroatoms. The van der Waals surface area contributed by atoms with Crippen LogP contribution in [-0.2, 0) is 22.4 Å². The monoisotopic (exact) mass is 756 g/mol. The van der Waals surface area contributed by atoms with Crippen LogP contribution < -0.4 is 25.4 Å². The van der Waals surface area contributed by atoms with E-state index in [4.69, 9.17) is 9.47 Å². The van der Waals surface area contributed by atoms with Crippen LogP contribution in [0.25, 0.3) is 6.08 Å². The Bertz CT molecular complexity index is 2210. The molecule has 0 radical (unpaired) electrons. The molecule has 3 N–H and O–H groups in total. The fourth-order valence-electron chi connectivity index (χ4n) is 6.38. The second kappa shape index (κ2) is 17.8. The van der Waals surface area contributed by atoms with Crippen molar-refractivity contribution >= 4 is 57.6 Å². The Labute approximate surface area is 323 Å². The molecule has 274 valence electrons. The average molecular weight is 757 g/mol. The summed E-state index contributed by atoms with van der Waals surface area (Å²) in [7, 11) is 3.06. The van der Waals surface area contributed by atoms with Gasteiger partial charge >= 0.3 is 0 Å². The molecule has 3 amide bonds. The summed E-state index contributed by atoms with van der Waals surface area (Å²) in [6, 6.07) is 33.8. The Morgan fingerprint density at radius 1 is 0.926 bits per heavy atom. The number of anilines is 2. The highest BCUT2D eigenvalue weighted by atomic mass is 32.2. The SMILES string of the molecule is CCC(Sc1cccc(NC(=O)/C(=C\c2ccc(OC)c(OC)c2)NC(=O)c2ccccc2)c1)C(=O)Nc1sc2c(c1C#N)CCC(c1ccccc1)C2. The topological polar surface area (TPSA) is 130 Å². The number of nitrogens with zero attached hydrogens (tertiary/aromatic N) is 1. The minimum atomic E-state index is -0.541. The number of hydrogen-bond donors (Lipinski definition) is 3. The van der Waals surface area contributed by atoms with Gasteiger partial charge in [-0.2, -0.15) is 5.26 Å². The van der Waals surface area contributed by atoms with Gasteiger partial charge in [-0.25, -0.2) is 0 Å². The number of hydrogen-bond acceptors (Lipinski definition) is 8. The molecule has 0 aliphatic heterocycles. The lowest BCUT2D eigenvalue weighted by Gasteiger charge is -2.22. The summed E-state index contributed by atoms with van der Waals surface area (Å²) in [5.41, 5.74) is 4.41. The molecule has 54 heavy (non-hydrogen) atoms. The maximum Gasteiger partial charge on any atom is 0.272 e. The van der Waals surface area contributed by atoms with Crippen LogP contribution in [0.15, 0.2) is 114 Å². The van der Waals surface area contributed by atoms with E-state index in [0.717, 1.165) is 34.6 Å². The molecular formula is C43H40N4O5S2. The fraction of sp³-hybridized carbons (Fsp3) is 0.209. The van der Waals surface area contributed by atoms with Crippen molar-refractivity contribution in [1.82, 2.24) is 5.32 Å². The number of fused-ring (bicyclic) bond motifs is 1. The molecule has 4 aromatic carbocycles. The van der Waals surface area contributed by atoms with Gasteiger partial charge in [-0.05, 0) is 96.8 Å². The summed E-state index contributed by atoms with van der Waals surface area (Å²) in [4.78, 5) is 42.5. The molecule has 2 unspecified atom stereocenters. The van der Waals surface area contributed by atoms with Crippen molar-refractivity contribution in [2.24, 2.45) is 0 Å². The second-order valence-corrected chi connectivity index (χ2v) is 15.0. The highest BCUT2D eigenvalue weighted by Gasteiger charge is 2.29. The van der Waals surface area contributed by atoms with E-state index < -0.39 is 17.1 Å². The first-order valence-corrected chi connectivity index (χ1v) is 19.3. The molecule has 0 bridgehead atoms. The average Bonchev–Trinajstić information content (AvgIpc) is 3.56. The molecule has 1 heterocycles. The Hall–Kier alpha value is -5.83. The fourth-order valence-corrected chi connectivity index (χ4v) is 8.67. The van der Waals surface area contributed by atoms with Gasteiger partial charge in [-0.1, -0.05) is 67.6 Å². The molecule has 1 aromatic heterocycles. The highest BCUT2D eigenvalue weighted by molar-refractivity contribution is 8.00. The van der Waals surface area contributed by atoms with Crippen LogP contribution in [0.1, 0.15) is 63.2 Å². The minimum absolute atomic E-state index is 0.0157.